The molecule has 6 heteroatoms. The molecule has 0 aliphatic rings. The van der Waals surface area contributed by atoms with Crippen LogP contribution in [0.15, 0.2) is 53.5 Å². The summed E-state index contributed by atoms with van der Waals surface area (Å²) >= 11 is 0. The van der Waals surface area contributed by atoms with Gasteiger partial charge in [0.15, 0.2) is 11.5 Å². The Morgan fingerprint density at radius 3 is 2.45 bits per heavy atom. The molecule has 0 radical (unpaired) electrons. The summed E-state index contributed by atoms with van der Waals surface area (Å²) in [5.41, 5.74) is 0.785. The molecule has 1 N–H and O–H groups in total. The average molecular weight is 268 g/mol. The van der Waals surface area contributed by atoms with Crippen LogP contribution in [0.3, 0.4) is 0 Å². The van der Waals surface area contributed by atoms with Crippen LogP contribution in [0.4, 0.5) is 4.39 Å². The minimum absolute atomic E-state index is 0.143. The van der Waals surface area contributed by atoms with E-state index in [0.29, 0.717) is 17.1 Å². The maximum atomic E-state index is 12.9. The van der Waals surface area contributed by atoms with Crippen molar-refractivity contribution in [2.75, 3.05) is 0 Å². The van der Waals surface area contributed by atoms with Crippen molar-refractivity contribution in [3.8, 4) is 22.8 Å². The van der Waals surface area contributed by atoms with E-state index in [4.69, 9.17) is 0 Å². The lowest BCUT2D eigenvalue weighted by Crippen LogP contribution is -2.14. The molecule has 5 nitrogen and oxygen atoms in total. The Morgan fingerprint density at radius 2 is 1.80 bits per heavy atom. The van der Waals surface area contributed by atoms with Crippen LogP contribution >= 0.6 is 0 Å². The maximum absolute atomic E-state index is 12.9. The zero-order valence-electron chi connectivity index (χ0n) is 10.2. The number of pyridine rings is 1. The van der Waals surface area contributed by atoms with E-state index in [-0.39, 0.29) is 11.5 Å². The van der Waals surface area contributed by atoms with Gasteiger partial charge in [-0.15, -0.1) is 10.2 Å². The number of aromatic nitrogens is 4. The summed E-state index contributed by atoms with van der Waals surface area (Å²) in [5.74, 6) is -0.0790. The zero-order valence-corrected chi connectivity index (χ0v) is 10.2. The number of hydrogen-bond acceptors (Lipinski definition) is 4. The second kappa shape index (κ2) is 5.00. The number of H-pyrrole nitrogens is 1. The molecule has 0 aliphatic heterocycles. The summed E-state index contributed by atoms with van der Waals surface area (Å²) in [6.45, 7) is 0. The van der Waals surface area contributed by atoms with E-state index < -0.39 is 5.56 Å². The predicted molar refractivity (Wildman–Crippen MR) is 71.3 cm³/mol. The van der Waals surface area contributed by atoms with Crippen LogP contribution in [0.5, 0.6) is 0 Å². The third-order valence-corrected chi connectivity index (χ3v) is 2.72. The molecule has 2 heterocycles. The van der Waals surface area contributed by atoms with Gasteiger partial charge in [-0.2, -0.15) is 0 Å². The first kappa shape index (κ1) is 12.2. The van der Waals surface area contributed by atoms with Gasteiger partial charge in [0.1, 0.15) is 11.5 Å². The van der Waals surface area contributed by atoms with Crippen LogP contribution < -0.4 is 5.56 Å². The van der Waals surface area contributed by atoms with Gasteiger partial charge in [0.05, 0.1) is 0 Å². The Bertz CT molecular complexity index is 784. The van der Waals surface area contributed by atoms with Gasteiger partial charge in [0.2, 0.25) is 0 Å². The first-order chi connectivity index (χ1) is 9.74. The van der Waals surface area contributed by atoms with Gasteiger partial charge in [-0.05, 0) is 36.4 Å². The summed E-state index contributed by atoms with van der Waals surface area (Å²) in [5, 5.41) is 7.85. The highest BCUT2D eigenvalue weighted by Gasteiger charge is 2.09. The van der Waals surface area contributed by atoms with Crippen molar-refractivity contribution >= 4 is 0 Å². The maximum Gasteiger partial charge on any atom is 0.278 e. The molecule has 0 amide bonds. The van der Waals surface area contributed by atoms with Crippen LogP contribution in [0.1, 0.15) is 0 Å². The Balaban J connectivity index is 2.04. The van der Waals surface area contributed by atoms with Crippen molar-refractivity contribution in [3.05, 3.63) is 64.8 Å². The van der Waals surface area contributed by atoms with E-state index in [1.807, 2.05) is 0 Å². The van der Waals surface area contributed by atoms with Crippen molar-refractivity contribution < 1.29 is 4.39 Å². The van der Waals surface area contributed by atoms with Gasteiger partial charge in [0, 0.05) is 11.8 Å². The van der Waals surface area contributed by atoms with Gasteiger partial charge in [-0.1, -0.05) is 6.07 Å². The van der Waals surface area contributed by atoms with Gasteiger partial charge >= 0.3 is 0 Å². The molecule has 3 rings (SSSR count). The standard InChI is InChI=1S/C14H9FN4O/c15-10-6-4-9(5-7-10)12-14(20)17-13(19-18-12)11-3-1-2-8-16-11/h1-8H,(H,17,19,20). The minimum atomic E-state index is -0.396. The minimum Gasteiger partial charge on any atom is -0.302 e. The molecule has 0 unspecified atom stereocenters. The monoisotopic (exact) mass is 268 g/mol. The number of nitrogens with zero attached hydrogens (tertiary/aromatic N) is 3. The number of hydrogen-bond donors (Lipinski definition) is 1. The Kier molecular flexibility index (Phi) is 3.04. The van der Waals surface area contributed by atoms with Gasteiger partial charge in [-0.3, -0.25) is 9.78 Å². The second-order valence-electron chi connectivity index (χ2n) is 4.07. The molecule has 0 saturated heterocycles. The van der Waals surface area contributed by atoms with Crippen LogP contribution in [0.25, 0.3) is 22.8 Å². The number of aromatic amines is 1. The molecule has 3 aromatic rings. The average Bonchev–Trinajstić information content (AvgIpc) is 2.49. The molecule has 0 atom stereocenters. The summed E-state index contributed by atoms with van der Waals surface area (Å²) in [4.78, 5) is 18.7. The second-order valence-corrected chi connectivity index (χ2v) is 4.07. The van der Waals surface area contributed by atoms with Crippen molar-refractivity contribution in [2.24, 2.45) is 0 Å². The molecule has 20 heavy (non-hydrogen) atoms. The van der Waals surface area contributed by atoms with E-state index in [1.54, 1.807) is 24.4 Å². The van der Waals surface area contributed by atoms with E-state index in [2.05, 4.69) is 20.2 Å². The SMILES string of the molecule is O=c1[nH]c(-c2ccccn2)nnc1-c1ccc(F)cc1. The molecule has 0 spiro atoms. The van der Waals surface area contributed by atoms with Crippen LogP contribution in [0, 0.1) is 5.82 Å². The fourth-order valence-electron chi connectivity index (χ4n) is 1.75. The topological polar surface area (TPSA) is 71.5 Å². The van der Waals surface area contributed by atoms with Crippen molar-refractivity contribution in [1.82, 2.24) is 20.2 Å². The van der Waals surface area contributed by atoms with Crippen molar-refractivity contribution in [3.63, 3.8) is 0 Å². The molecule has 0 bridgehead atoms. The van der Waals surface area contributed by atoms with E-state index in [1.165, 1.54) is 24.3 Å². The normalized spacial score (nSPS) is 10.4. The van der Waals surface area contributed by atoms with Gasteiger partial charge < -0.3 is 4.98 Å². The molecule has 0 saturated carbocycles. The van der Waals surface area contributed by atoms with Gasteiger partial charge in [-0.25, -0.2) is 4.39 Å². The first-order valence-corrected chi connectivity index (χ1v) is 5.88. The lowest BCUT2D eigenvalue weighted by molar-refractivity contribution is 0.628. The number of halogens is 1. The molecule has 1 aromatic carbocycles. The van der Waals surface area contributed by atoms with Crippen molar-refractivity contribution in [2.45, 2.75) is 0 Å². The first-order valence-electron chi connectivity index (χ1n) is 5.88. The highest BCUT2D eigenvalue weighted by atomic mass is 19.1. The molecular weight excluding hydrogens is 259 g/mol. The Labute approximate surface area is 113 Å². The number of rotatable bonds is 2. The van der Waals surface area contributed by atoms with Crippen LogP contribution in [-0.2, 0) is 0 Å². The third-order valence-electron chi connectivity index (χ3n) is 2.72. The Hall–Kier alpha value is -2.89. The lowest BCUT2D eigenvalue weighted by atomic mass is 10.1. The third kappa shape index (κ3) is 2.31. The van der Waals surface area contributed by atoms with Crippen molar-refractivity contribution in [1.29, 1.82) is 0 Å². The fourth-order valence-corrected chi connectivity index (χ4v) is 1.75. The lowest BCUT2D eigenvalue weighted by Gasteiger charge is -2.01. The summed E-state index contributed by atoms with van der Waals surface area (Å²) in [6, 6.07) is 10.8. The highest BCUT2D eigenvalue weighted by Crippen LogP contribution is 2.14. The molecule has 2 aromatic heterocycles. The summed E-state index contributed by atoms with van der Waals surface area (Å²) < 4.78 is 12.9. The zero-order chi connectivity index (χ0) is 13.9. The molecule has 0 fully saturated rings. The van der Waals surface area contributed by atoms with E-state index in [9.17, 15) is 9.18 Å². The van der Waals surface area contributed by atoms with E-state index in [0.717, 1.165) is 0 Å². The largest absolute Gasteiger partial charge is 0.302 e. The number of nitrogens with one attached hydrogen (secondary N) is 1. The number of benzene rings is 1. The molecular formula is C14H9FN4O. The Morgan fingerprint density at radius 1 is 1.00 bits per heavy atom. The quantitative estimate of drug-likeness (QED) is 0.772. The molecule has 0 aliphatic carbocycles. The highest BCUT2D eigenvalue weighted by molar-refractivity contribution is 5.58. The summed E-state index contributed by atoms with van der Waals surface area (Å²) in [6.07, 6.45) is 1.60. The van der Waals surface area contributed by atoms with E-state index >= 15 is 0 Å². The molecule has 98 valence electrons. The van der Waals surface area contributed by atoms with Gasteiger partial charge in [0.25, 0.3) is 5.56 Å². The smallest absolute Gasteiger partial charge is 0.278 e. The summed E-state index contributed by atoms with van der Waals surface area (Å²) in [7, 11) is 0. The fraction of sp³-hybridized carbons (Fsp3) is 0. The van der Waals surface area contributed by atoms with Crippen LogP contribution in [0.2, 0.25) is 0 Å². The predicted octanol–water partition coefficient (Wildman–Crippen LogP) is 2.03. The van der Waals surface area contributed by atoms with Crippen LogP contribution in [-0.4, -0.2) is 20.2 Å².